The Kier molecular flexibility index (Phi) is 2.61. The van der Waals surface area contributed by atoms with Crippen molar-refractivity contribution in [2.24, 2.45) is 5.92 Å². The molecule has 1 aliphatic heterocycles. The zero-order valence-corrected chi connectivity index (χ0v) is 8.25. The quantitative estimate of drug-likeness (QED) is 0.740. The molecule has 1 atom stereocenters. The van der Waals surface area contributed by atoms with Gasteiger partial charge in [0, 0.05) is 0 Å². The number of hydrogen-bond donors (Lipinski definition) is 0. The molecule has 0 bridgehead atoms. The van der Waals surface area contributed by atoms with Crippen molar-refractivity contribution in [1.29, 1.82) is 0 Å². The van der Waals surface area contributed by atoms with Crippen molar-refractivity contribution in [1.82, 2.24) is 0 Å². The SMILES string of the molecule is O=C(C1COc2ccccc2C1)C(F)(F)F. The van der Waals surface area contributed by atoms with Gasteiger partial charge in [0.1, 0.15) is 5.75 Å². The van der Waals surface area contributed by atoms with Gasteiger partial charge in [-0.3, -0.25) is 4.79 Å². The summed E-state index contributed by atoms with van der Waals surface area (Å²) in [4.78, 5) is 11.0. The van der Waals surface area contributed by atoms with Gasteiger partial charge in [0.2, 0.25) is 5.78 Å². The summed E-state index contributed by atoms with van der Waals surface area (Å²) >= 11 is 0. The maximum absolute atomic E-state index is 12.2. The molecule has 0 fully saturated rings. The van der Waals surface area contributed by atoms with E-state index in [1.807, 2.05) is 0 Å². The number of carbonyl (C=O) groups excluding carboxylic acids is 1. The zero-order valence-electron chi connectivity index (χ0n) is 8.25. The first kappa shape index (κ1) is 11.0. The van der Waals surface area contributed by atoms with Crippen LogP contribution >= 0.6 is 0 Å². The van der Waals surface area contributed by atoms with Crippen LogP contribution in [0.15, 0.2) is 24.3 Å². The Hall–Kier alpha value is -1.52. The van der Waals surface area contributed by atoms with Gasteiger partial charge in [0.15, 0.2) is 0 Å². The Morgan fingerprint density at radius 3 is 2.69 bits per heavy atom. The highest BCUT2D eigenvalue weighted by atomic mass is 19.4. The van der Waals surface area contributed by atoms with Gasteiger partial charge >= 0.3 is 6.18 Å². The lowest BCUT2D eigenvalue weighted by atomic mass is 9.93. The molecule has 5 heteroatoms. The van der Waals surface area contributed by atoms with Crippen molar-refractivity contribution < 1.29 is 22.7 Å². The fourth-order valence-electron chi connectivity index (χ4n) is 1.73. The van der Waals surface area contributed by atoms with Crippen LogP contribution in [0, 0.1) is 5.92 Å². The van der Waals surface area contributed by atoms with Crippen LogP contribution in [0.3, 0.4) is 0 Å². The number of hydrogen-bond acceptors (Lipinski definition) is 2. The van der Waals surface area contributed by atoms with Crippen molar-refractivity contribution in [3.8, 4) is 5.75 Å². The summed E-state index contributed by atoms with van der Waals surface area (Å²) in [5.74, 6) is -2.26. The Morgan fingerprint density at radius 1 is 1.31 bits per heavy atom. The first-order chi connectivity index (χ1) is 7.48. The molecule has 0 saturated heterocycles. The second kappa shape index (κ2) is 3.81. The van der Waals surface area contributed by atoms with Gasteiger partial charge in [-0.25, -0.2) is 0 Å². The van der Waals surface area contributed by atoms with Crippen LogP contribution in [0.4, 0.5) is 13.2 Å². The van der Waals surface area contributed by atoms with Gasteiger partial charge in [0.05, 0.1) is 12.5 Å². The number of para-hydroxylation sites is 1. The summed E-state index contributed by atoms with van der Waals surface area (Å²) in [6, 6.07) is 6.81. The minimum absolute atomic E-state index is 0.0918. The minimum Gasteiger partial charge on any atom is -0.493 e. The molecule has 16 heavy (non-hydrogen) atoms. The maximum atomic E-state index is 12.2. The Labute approximate surface area is 90.0 Å². The third-order valence-corrected chi connectivity index (χ3v) is 2.53. The lowest BCUT2D eigenvalue weighted by Crippen LogP contribution is -2.37. The molecule has 2 nitrogen and oxygen atoms in total. The lowest BCUT2D eigenvalue weighted by Gasteiger charge is -2.24. The second-order valence-corrected chi connectivity index (χ2v) is 3.68. The van der Waals surface area contributed by atoms with Crippen LogP contribution in [-0.2, 0) is 11.2 Å². The van der Waals surface area contributed by atoms with E-state index < -0.39 is 17.9 Å². The average Bonchev–Trinajstić information content (AvgIpc) is 2.26. The number of benzene rings is 1. The standard InChI is InChI=1S/C11H9F3O2/c12-11(13,14)10(15)8-5-7-3-1-2-4-9(7)16-6-8/h1-4,8H,5-6H2. The van der Waals surface area contributed by atoms with Crippen LogP contribution in [0.2, 0.25) is 0 Å². The fraction of sp³-hybridized carbons (Fsp3) is 0.364. The van der Waals surface area contributed by atoms with Crippen LogP contribution in [0.25, 0.3) is 0 Å². The van der Waals surface area contributed by atoms with Gasteiger partial charge in [-0.2, -0.15) is 13.2 Å². The molecular weight excluding hydrogens is 221 g/mol. The van der Waals surface area contributed by atoms with Crippen LogP contribution in [-0.4, -0.2) is 18.6 Å². The highest BCUT2D eigenvalue weighted by Gasteiger charge is 2.44. The smallest absolute Gasteiger partial charge is 0.450 e. The van der Waals surface area contributed by atoms with E-state index in [1.165, 1.54) is 0 Å². The molecule has 1 aliphatic rings. The van der Waals surface area contributed by atoms with E-state index in [0.717, 1.165) is 0 Å². The summed E-state index contributed by atoms with van der Waals surface area (Å²) in [5, 5.41) is 0. The van der Waals surface area contributed by atoms with Crippen molar-refractivity contribution in [2.75, 3.05) is 6.61 Å². The number of fused-ring (bicyclic) bond motifs is 1. The van der Waals surface area contributed by atoms with E-state index in [1.54, 1.807) is 24.3 Å². The predicted octanol–water partition coefficient (Wildman–Crippen LogP) is 2.37. The Balaban J connectivity index is 2.17. The molecule has 1 aromatic rings. The van der Waals surface area contributed by atoms with Crippen molar-refractivity contribution in [2.45, 2.75) is 12.6 Å². The summed E-state index contributed by atoms with van der Waals surface area (Å²) < 4.78 is 41.7. The highest BCUT2D eigenvalue weighted by molar-refractivity contribution is 5.87. The third-order valence-electron chi connectivity index (χ3n) is 2.53. The molecule has 0 saturated carbocycles. The Morgan fingerprint density at radius 2 is 2.00 bits per heavy atom. The average molecular weight is 230 g/mol. The minimum atomic E-state index is -4.78. The molecule has 1 aromatic carbocycles. The first-order valence-corrected chi connectivity index (χ1v) is 4.80. The van der Waals surface area contributed by atoms with E-state index >= 15 is 0 Å². The van der Waals surface area contributed by atoms with E-state index in [0.29, 0.717) is 11.3 Å². The van der Waals surface area contributed by atoms with Crippen LogP contribution < -0.4 is 4.74 Å². The first-order valence-electron chi connectivity index (χ1n) is 4.80. The monoisotopic (exact) mass is 230 g/mol. The van der Waals surface area contributed by atoms with Gasteiger partial charge < -0.3 is 4.74 Å². The predicted molar refractivity (Wildman–Crippen MR) is 50.2 cm³/mol. The molecular formula is C11H9F3O2. The molecule has 0 radical (unpaired) electrons. The number of alkyl halides is 3. The molecule has 0 aromatic heterocycles. The summed E-state index contributed by atoms with van der Waals surface area (Å²) in [7, 11) is 0. The maximum Gasteiger partial charge on any atom is 0.450 e. The van der Waals surface area contributed by atoms with E-state index in [9.17, 15) is 18.0 Å². The van der Waals surface area contributed by atoms with Crippen molar-refractivity contribution >= 4 is 5.78 Å². The molecule has 0 N–H and O–H groups in total. The number of halogens is 3. The zero-order chi connectivity index (χ0) is 11.8. The summed E-state index contributed by atoms with van der Waals surface area (Å²) in [6.45, 7) is -0.199. The van der Waals surface area contributed by atoms with E-state index in [-0.39, 0.29) is 13.0 Å². The number of carbonyl (C=O) groups is 1. The van der Waals surface area contributed by atoms with Crippen molar-refractivity contribution in [3.63, 3.8) is 0 Å². The van der Waals surface area contributed by atoms with E-state index in [2.05, 4.69) is 0 Å². The molecule has 2 rings (SSSR count). The van der Waals surface area contributed by atoms with E-state index in [4.69, 9.17) is 4.74 Å². The number of rotatable bonds is 1. The molecule has 0 amide bonds. The molecule has 86 valence electrons. The number of ether oxygens (including phenoxy) is 1. The van der Waals surface area contributed by atoms with Gasteiger partial charge in [-0.1, -0.05) is 18.2 Å². The van der Waals surface area contributed by atoms with Gasteiger partial charge in [-0.15, -0.1) is 0 Å². The normalized spacial score (nSPS) is 19.8. The molecule has 0 spiro atoms. The number of ketones is 1. The molecule has 1 heterocycles. The summed E-state index contributed by atoms with van der Waals surface area (Å²) in [6.07, 6.45) is -4.69. The highest BCUT2D eigenvalue weighted by Crippen LogP contribution is 2.31. The summed E-state index contributed by atoms with van der Waals surface area (Å²) in [5.41, 5.74) is 0.649. The van der Waals surface area contributed by atoms with Gasteiger partial charge in [0.25, 0.3) is 0 Å². The van der Waals surface area contributed by atoms with Crippen molar-refractivity contribution in [3.05, 3.63) is 29.8 Å². The van der Waals surface area contributed by atoms with Gasteiger partial charge in [-0.05, 0) is 18.1 Å². The molecule has 0 aliphatic carbocycles. The number of Topliss-reactive ketones (excluding diaryl/α,β-unsaturated/α-hetero) is 1. The second-order valence-electron chi connectivity index (χ2n) is 3.68. The fourth-order valence-corrected chi connectivity index (χ4v) is 1.73. The largest absolute Gasteiger partial charge is 0.493 e. The lowest BCUT2D eigenvalue weighted by molar-refractivity contribution is -0.176. The van der Waals surface area contributed by atoms with Crippen LogP contribution in [0.1, 0.15) is 5.56 Å². The topological polar surface area (TPSA) is 26.3 Å². The molecule has 1 unspecified atom stereocenters. The third kappa shape index (κ3) is 2.03. The Bertz CT molecular complexity index is 412. The van der Waals surface area contributed by atoms with Crippen LogP contribution in [0.5, 0.6) is 5.75 Å².